The van der Waals surface area contributed by atoms with Crippen LogP contribution >= 0.6 is 0 Å². The van der Waals surface area contributed by atoms with Gasteiger partial charge >= 0.3 is 5.97 Å². The standard InChI is InChI=1S/C25H23FN2O6/c1-16(29)27-20-10-11-23(32-2)22(13-20)28-24(30)15-34-25(31)18-4-3-5-21(12-18)33-14-17-6-8-19(26)9-7-17/h3-13H,14-15H2,1-2H3,(H,27,29)(H,28,30). The highest BCUT2D eigenvalue weighted by Gasteiger charge is 2.14. The van der Waals surface area contributed by atoms with E-state index >= 15 is 0 Å². The average molecular weight is 466 g/mol. The van der Waals surface area contributed by atoms with E-state index in [2.05, 4.69) is 10.6 Å². The van der Waals surface area contributed by atoms with Crippen LogP contribution in [0.15, 0.2) is 66.7 Å². The lowest BCUT2D eigenvalue weighted by atomic mass is 10.2. The molecule has 0 aliphatic carbocycles. The average Bonchev–Trinajstić information content (AvgIpc) is 2.82. The molecule has 3 rings (SSSR count). The quantitative estimate of drug-likeness (QED) is 0.459. The van der Waals surface area contributed by atoms with Crippen LogP contribution in [0.3, 0.4) is 0 Å². The lowest BCUT2D eigenvalue weighted by molar-refractivity contribution is -0.119. The Morgan fingerprint density at radius 3 is 2.41 bits per heavy atom. The molecule has 0 aromatic heterocycles. The lowest BCUT2D eigenvalue weighted by Crippen LogP contribution is -2.21. The van der Waals surface area contributed by atoms with Crippen molar-refractivity contribution in [2.45, 2.75) is 13.5 Å². The van der Waals surface area contributed by atoms with Crippen LogP contribution in [0.5, 0.6) is 11.5 Å². The number of nitrogens with one attached hydrogen (secondary N) is 2. The second kappa shape index (κ2) is 11.5. The summed E-state index contributed by atoms with van der Waals surface area (Å²) < 4.78 is 29.0. The van der Waals surface area contributed by atoms with Crippen molar-refractivity contribution >= 4 is 29.2 Å². The Hall–Kier alpha value is -4.40. The molecule has 0 aliphatic rings. The zero-order valence-electron chi connectivity index (χ0n) is 18.6. The number of rotatable bonds is 9. The molecular formula is C25H23FN2O6. The van der Waals surface area contributed by atoms with E-state index in [1.54, 1.807) is 36.4 Å². The van der Waals surface area contributed by atoms with Crippen LogP contribution in [0.2, 0.25) is 0 Å². The van der Waals surface area contributed by atoms with Crippen LogP contribution in [-0.4, -0.2) is 31.5 Å². The number of hydrogen-bond acceptors (Lipinski definition) is 6. The summed E-state index contributed by atoms with van der Waals surface area (Å²) in [7, 11) is 1.44. The van der Waals surface area contributed by atoms with Gasteiger partial charge in [0.15, 0.2) is 6.61 Å². The Bertz CT molecular complexity index is 1180. The SMILES string of the molecule is COc1ccc(NC(C)=O)cc1NC(=O)COC(=O)c1cccc(OCc2ccc(F)cc2)c1. The fourth-order valence-electron chi connectivity index (χ4n) is 2.95. The summed E-state index contributed by atoms with van der Waals surface area (Å²) in [5.41, 5.74) is 1.75. The van der Waals surface area contributed by atoms with E-state index in [0.29, 0.717) is 22.9 Å². The van der Waals surface area contributed by atoms with Gasteiger partial charge in [-0.15, -0.1) is 0 Å². The van der Waals surface area contributed by atoms with Gasteiger partial charge in [0.05, 0.1) is 18.4 Å². The van der Waals surface area contributed by atoms with Gasteiger partial charge in [-0.3, -0.25) is 9.59 Å². The molecule has 0 atom stereocenters. The zero-order valence-corrected chi connectivity index (χ0v) is 18.6. The van der Waals surface area contributed by atoms with Crippen molar-refractivity contribution in [2.75, 3.05) is 24.4 Å². The van der Waals surface area contributed by atoms with Gasteiger partial charge in [0, 0.05) is 12.6 Å². The fraction of sp³-hybridized carbons (Fsp3) is 0.160. The highest BCUT2D eigenvalue weighted by atomic mass is 19.1. The second-order valence-electron chi connectivity index (χ2n) is 7.16. The zero-order chi connectivity index (χ0) is 24.5. The van der Waals surface area contributed by atoms with Crippen LogP contribution in [0.4, 0.5) is 15.8 Å². The van der Waals surface area contributed by atoms with Crippen molar-refractivity contribution in [3.05, 3.63) is 83.7 Å². The molecule has 3 aromatic rings. The van der Waals surface area contributed by atoms with E-state index in [-0.39, 0.29) is 23.9 Å². The first-order valence-corrected chi connectivity index (χ1v) is 10.2. The molecule has 0 radical (unpaired) electrons. The molecule has 0 spiro atoms. The number of carbonyl (C=O) groups is 3. The lowest BCUT2D eigenvalue weighted by Gasteiger charge is -2.13. The summed E-state index contributed by atoms with van der Waals surface area (Å²) in [6, 6.07) is 16.9. The number of hydrogen-bond donors (Lipinski definition) is 2. The van der Waals surface area contributed by atoms with Crippen molar-refractivity contribution in [1.82, 2.24) is 0 Å². The molecule has 0 unspecified atom stereocenters. The molecule has 34 heavy (non-hydrogen) atoms. The maximum absolute atomic E-state index is 13.0. The largest absolute Gasteiger partial charge is 0.495 e. The summed E-state index contributed by atoms with van der Waals surface area (Å²) in [4.78, 5) is 36.0. The monoisotopic (exact) mass is 466 g/mol. The van der Waals surface area contributed by atoms with Crippen molar-refractivity contribution in [2.24, 2.45) is 0 Å². The molecule has 2 N–H and O–H groups in total. The fourth-order valence-corrected chi connectivity index (χ4v) is 2.95. The van der Waals surface area contributed by atoms with Gasteiger partial charge in [-0.05, 0) is 54.1 Å². The molecule has 0 heterocycles. The Labute approximate surface area is 195 Å². The second-order valence-corrected chi connectivity index (χ2v) is 7.16. The highest BCUT2D eigenvalue weighted by Crippen LogP contribution is 2.28. The highest BCUT2D eigenvalue weighted by molar-refractivity contribution is 5.97. The number of methoxy groups -OCH3 is 1. The number of halogens is 1. The Kier molecular flexibility index (Phi) is 8.17. The number of anilines is 2. The van der Waals surface area contributed by atoms with Crippen molar-refractivity contribution in [3.8, 4) is 11.5 Å². The molecule has 8 nitrogen and oxygen atoms in total. The smallest absolute Gasteiger partial charge is 0.338 e. The molecule has 0 bridgehead atoms. The first-order chi connectivity index (χ1) is 16.3. The summed E-state index contributed by atoms with van der Waals surface area (Å²) in [5, 5.41) is 5.20. The van der Waals surface area contributed by atoms with E-state index in [9.17, 15) is 18.8 Å². The number of benzene rings is 3. The van der Waals surface area contributed by atoms with Crippen LogP contribution in [0.25, 0.3) is 0 Å². The van der Waals surface area contributed by atoms with Crippen LogP contribution in [0.1, 0.15) is 22.8 Å². The molecule has 0 saturated heterocycles. The van der Waals surface area contributed by atoms with E-state index in [1.165, 1.54) is 44.4 Å². The number of amides is 2. The summed E-state index contributed by atoms with van der Waals surface area (Å²) >= 11 is 0. The number of esters is 1. The van der Waals surface area contributed by atoms with Crippen LogP contribution in [0, 0.1) is 5.82 Å². The van der Waals surface area contributed by atoms with Crippen LogP contribution < -0.4 is 20.1 Å². The molecular weight excluding hydrogens is 443 g/mol. The molecule has 0 aliphatic heterocycles. The van der Waals surface area contributed by atoms with Gasteiger partial charge in [-0.1, -0.05) is 18.2 Å². The van der Waals surface area contributed by atoms with E-state index < -0.39 is 18.5 Å². The maximum Gasteiger partial charge on any atom is 0.338 e. The molecule has 0 fully saturated rings. The summed E-state index contributed by atoms with van der Waals surface area (Å²) in [5.74, 6) is -1.10. The predicted octanol–water partition coefficient (Wildman–Crippen LogP) is 4.17. The first-order valence-electron chi connectivity index (χ1n) is 10.2. The minimum atomic E-state index is -0.707. The van der Waals surface area contributed by atoms with Crippen molar-refractivity contribution < 1.29 is 33.0 Å². The minimum Gasteiger partial charge on any atom is -0.495 e. The molecule has 3 aromatic carbocycles. The first kappa shape index (κ1) is 24.2. The van der Waals surface area contributed by atoms with Gasteiger partial charge < -0.3 is 24.8 Å². The van der Waals surface area contributed by atoms with Gasteiger partial charge in [-0.2, -0.15) is 0 Å². The summed E-state index contributed by atoms with van der Waals surface area (Å²) in [6.07, 6.45) is 0. The Morgan fingerprint density at radius 1 is 0.941 bits per heavy atom. The van der Waals surface area contributed by atoms with Crippen molar-refractivity contribution in [1.29, 1.82) is 0 Å². The molecule has 2 amide bonds. The van der Waals surface area contributed by atoms with E-state index in [0.717, 1.165) is 5.56 Å². The third-order valence-corrected chi connectivity index (χ3v) is 4.52. The minimum absolute atomic E-state index is 0.195. The van der Waals surface area contributed by atoms with Gasteiger partial charge in [0.1, 0.15) is 23.9 Å². The third-order valence-electron chi connectivity index (χ3n) is 4.52. The number of carbonyl (C=O) groups excluding carboxylic acids is 3. The maximum atomic E-state index is 13.0. The van der Waals surface area contributed by atoms with E-state index in [4.69, 9.17) is 14.2 Å². The van der Waals surface area contributed by atoms with E-state index in [1.807, 2.05) is 0 Å². The van der Waals surface area contributed by atoms with Crippen LogP contribution in [-0.2, 0) is 20.9 Å². The normalized spacial score (nSPS) is 10.2. The van der Waals surface area contributed by atoms with Gasteiger partial charge in [0.2, 0.25) is 5.91 Å². The van der Waals surface area contributed by atoms with Gasteiger partial charge in [0.25, 0.3) is 5.91 Å². The Balaban J connectivity index is 1.56. The van der Waals surface area contributed by atoms with Crippen molar-refractivity contribution in [3.63, 3.8) is 0 Å². The van der Waals surface area contributed by atoms with Gasteiger partial charge in [-0.25, -0.2) is 9.18 Å². The molecule has 0 saturated carbocycles. The third kappa shape index (κ3) is 7.06. The summed E-state index contributed by atoms with van der Waals surface area (Å²) in [6.45, 7) is 1.03. The number of ether oxygens (including phenoxy) is 3. The Morgan fingerprint density at radius 2 is 1.71 bits per heavy atom. The predicted molar refractivity (Wildman–Crippen MR) is 123 cm³/mol. The topological polar surface area (TPSA) is 103 Å². The molecule has 176 valence electrons. The molecule has 9 heteroatoms.